The molecule has 9 nitrogen and oxygen atoms in total. The molecule has 2 saturated heterocycles. The van der Waals surface area contributed by atoms with Crippen molar-refractivity contribution in [2.45, 2.75) is 57.6 Å². The topological polar surface area (TPSA) is 101 Å². The molecule has 0 radical (unpaired) electrons. The van der Waals surface area contributed by atoms with E-state index in [-0.39, 0.29) is 24.1 Å². The molecular formula is C28H45ClN4O5. The van der Waals surface area contributed by atoms with Crippen LogP contribution in [0.5, 0.6) is 0 Å². The number of urea groups is 1. The molecule has 10 heteroatoms. The lowest BCUT2D eigenvalue weighted by Crippen LogP contribution is -2.50. The summed E-state index contributed by atoms with van der Waals surface area (Å²) >= 11 is 6.35. The Balaban J connectivity index is 1.59. The van der Waals surface area contributed by atoms with Crippen LogP contribution in [0.15, 0.2) is 18.2 Å². The fraction of sp³-hybridized carbons (Fsp3) is 0.714. The van der Waals surface area contributed by atoms with Gasteiger partial charge in [-0.05, 0) is 75.3 Å². The summed E-state index contributed by atoms with van der Waals surface area (Å²) in [6.45, 7) is 6.25. The van der Waals surface area contributed by atoms with Crippen LogP contribution in [0.4, 0.5) is 9.59 Å². The zero-order valence-corrected chi connectivity index (χ0v) is 23.9. The van der Waals surface area contributed by atoms with Crippen LogP contribution in [0.25, 0.3) is 0 Å². The van der Waals surface area contributed by atoms with Crippen LogP contribution >= 0.6 is 11.6 Å². The summed E-state index contributed by atoms with van der Waals surface area (Å²) in [5.41, 5.74) is 2.10. The van der Waals surface area contributed by atoms with Crippen molar-refractivity contribution in [3.8, 4) is 0 Å². The number of carbonyl (C=O) groups excluding carboxylic acids is 2. The average Bonchev–Trinajstić information content (AvgIpc) is 3.21. The zero-order valence-electron chi connectivity index (χ0n) is 23.1. The van der Waals surface area contributed by atoms with Gasteiger partial charge in [-0.25, -0.2) is 9.59 Å². The number of piperidine rings is 1. The highest BCUT2D eigenvalue weighted by Crippen LogP contribution is 2.35. The molecule has 3 N–H and O–H groups in total. The zero-order chi connectivity index (χ0) is 27.3. The molecule has 214 valence electrons. The van der Waals surface area contributed by atoms with Crippen molar-refractivity contribution in [1.82, 2.24) is 20.9 Å². The number of hydrogen-bond donors (Lipinski definition) is 3. The monoisotopic (exact) mass is 552 g/mol. The van der Waals surface area contributed by atoms with Crippen LogP contribution in [0, 0.1) is 18.8 Å². The summed E-state index contributed by atoms with van der Waals surface area (Å²) in [4.78, 5) is 26.5. The third-order valence-corrected chi connectivity index (χ3v) is 7.84. The van der Waals surface area contributed by atoms with E-state index in [1.165, 1.54) is 20.0 Å². The Bertz CT molecular complexity index is 881. The van der Waals surface area contributed by atoms with Gasteiger partial charge in [0.2, 0.25) is 0 Å². The molecule has 2 aliphatic heterocycles. The molecule has 1 aromatic rings. The number of likely N-dealkylation sites (tertiary alicyclic amines) is 1. The average molecular weight is 553 g/mol. The van der Waals surface area contributed by atoms with E-state index in [0.717, 1.165) is 50.0 Å². The minimum absolute atomic E-state index is 0.0407. The van der Waals surface area contributed by atoms with Crippen molar-refractivity contribution >= 4 is 23.7 Å². The van der Waals surface area contributed by atoms with E-state index < -0.39 is 6.09 Å². The number of benzene rings is 1. The molecule has 0 aromatic heterocycles. The van der Waals surface area contributed by atoms with Gasteiger partial charge in [0.1, 0.15) is 0 Å². The second-order valence-corrected chi connectivity index (χ2v) is 10.8. The second kappa shape index (κ2) is 16.1. The fourth-order valence-electron chi connectivity index (χ4n) is 5.43. The number of amides is 3. The van der Waals surface area contributed by atoms with Crippen LogP contribution in [0.3, 0.4) is 0 Å². The Kier molecular flexibility index (Phi) is 12.9. The highest BCUT2D eigenvalue weighted by Gasteiger charge is 2.32. The van der Waals surface area contributed by atoms with Crippen LogP contribution < -0.4 is 16.0 Å². The first-order valence-corrected chi connectivity index (χ1v) is 14.3. The lowest BCUT2D eigenvalue weighted by Gasteiger charge is -2.38. The molecular weight excluding hydrogens is 508 g/mol. The van der Waals surface area contributed by atoms with Gasteiger partial charge < -0.3 is 35.1 Å². The molecule has 2 fully saturated rings. The number of ether oxygens (including phenoxy) is 3. The van der Waals surface area contributed by atoms with Gasteiger partial charge in [0.25, 0.3) is 0 Å². The first-order chi connectivity index (χ1) is 18.4. The normalized spacial score (nSPS) is 21.7. The minimum Gasteiger partial charge on any atom is -0.453 e. The maximum absolute atomic E-state index is 13.2. The molecule has 4 atom stereocenters. The Labute approximate surface area is 232 Å². The quantitative estimate of drug-likeness (QED) is 0.354. The second-order valence-electron chi connectivity index (χ2n) is 10.4. The Hall–Kier alpha value is -2.07. The first kappa shape index (κ1) is 30.5. The summed E-state index contributed by atoms with van der Waals surface area (Å²) in [6.07, 6.45) is 5.60. The maximum atomic E-state index is 13.2. The summed E-state index contributed by atoms with van der Waals surface area (Å²) in [6, 6.07) is 5.98. The first-order valence-electron chi connectivity index (χ1n) is 13.9. The van der Waals surface area contributed by atoms with Gasteiger partial charge in [0.15, 0.2) is 0 Å². The van der Waals surface area contributed by atoms with Gasteiger partial charge >= 0.3 is 12.1 Å². The van der Waals surface area contributed by atoms with E-state index in [1.807, 2.05) is 37.1 Å². The number of rotatable bonds is 11. The number of hydrogen-bond acceptors (Lipinski definition) is 6. The van der Waals surface area contributed by atoms with E-state index in [4.69, 9.17) is 21.1 Å². The SMILES string of the molecule is CNC(CNC(=O)N1CCCC(C(OCCNC(=O)OC)c2cc(Cl)ccc2C)C1)CC1CCCCOC1. The summed E-state index contributed by atoms with van der Waals surface area (Å²) in [7, 11) is 3.29. The fourth-order valence-corrected chi connectivity index (χ4v) is 5.62. The van der Waals surface area contributed by atoms with Crippen molar-refractivity contribution in [2.75, 3.05) is 60.2 Å². The van der Waals surface area contributed by atoms with Gasteiger partial charge in [0, 0.05) is 56.4 Å². The lowest BCUT2D eigenvalue weighted by molar-refractivity contribution is -0.00884. The number of halogens is 1. The number of nitrogens with one attached hydrogen (secondary N) is 3. The molecule has 1 aromatic carbocycles. The Morgan fingerprint density at radius 2 is 2.05 bits per heavy atom. The highest BCUT2D eigenvalue weighted by molar-refractivity contribution is 6.30. The highest BCUT2D eigenvalue weighted by atomic mass is 35.5. The predicted molar refractivity (Wildman–Crippen MR) is 149 cm³/mol. The number of aryl methyl sites for hydroxylation is 1. The summed E-state index contributed by atoms with van der Waals surface area (Å²) in [5.74, 6) is 0.631. The summed E-state index contributed by atoms with van der Waals surface area (Å²) in [5, 5.41) is 9.84. The molecule has 4 unspecified atom stereocenters. The van der Waals surface area contributed by atoms with Crippen molar-refractivity contribution in [1.29, 1.82) is 0 Å². The number of methoxy groups -OCH3 is 1. The van der Waals surface area contributed by atoms with Crippen LogP contribution in [-0.4, -0.2) is 83.2 Å². The molecule has 2 aliphatic rings. The van der Waals surface area contributed by atoms with Crippen molar-refractivity contribution in [3.05, 3.63) is 34.3 Å². The van der Waals surface area contributed by atoms with Gasteiger partial charge in [-0.2, -0.15) is 0 Å². The van der Waals surface area contributed by atoms with Crippen LogP contribution in [0.2, 0.25) is 5.02 Å². The van der Waals surface area contributed by atoms with Gasteiger partial charge in [-0.3, -0.25) is 0 Å². The number of alkyl carbamates (subject to hydrolysis) is 1. The molecule has 0 spiro atoms. The summed E-state index contributed by atoms with van der Waals surface area (Å²) < 4.78 is 16.7. The molecule has 0 saturated carbocycles. The third kappa shape index (κ3) is 9.59. The van der Waals surface area contributed by atoms with Crippen molar-refractivity contribution in [3.63, 3.8) is 0 Å². The molecule has 0 aliphatic carbocycles. The smallest absolute Gasteiger partial charge is 0.406 e. The van der Waals surface area contributed by atoms with Crippen LogP contribution in [0.1, 0.15) is 55.8 Å². The molecule has 3 rings (SSSR count). The minimum atomic E-state index is -0.490. The van der Waals surface area contributed by atoms with Crippen molar-refractivity contribution < 1.29 is 23.8 Å². The number of carbonyl (C=O) groups is 2. The molecule has 2 heterocycles. The molecule has 0 bridgehead atoms. The van der Waals surface area contributed by atoms with E-state index in [9.17, 15) is 9.59 Å². The molecule has 3 amide bonds. The van der Waals surface area contributed by atoms with E-state index >= 15 is 0 Å². The Morgan fingerprint density at radius 1 is 1.21 bits per heavy atom. The Morgan fingerprint density at radius 3 is 2.84 bits per heavy atom. The van der Waals surface area contributed by atoms with Gasteiger partial charge in [-0.15, -0.1) is 0 Å². The lowest BCUT2D eigenvalue weighted by atomic mass is 9.86. The van der Waals surface area contributed by atoms with Gasteiger partial charge in [0.05, 0.1) is 19.8 Å². The van der Waals surface area contributed by atoms with Crippen LogP contribution in [-0.2, 0) is 14.2 Å². The predicted octanol–water partition coefficient (Wildman–Crippen LogP) is 4.28. The van der Waals surface area contributed by atoms with E-state index in [1.54, 1.807) is 0 Å². The molecule has 38 heavy (non-hydrogen) atoms. The number of nitrogens with zero attached hydrogens (tertiary/aromatic N) is 1. The standard InChI is InChI=1S/C28H45ClN4O5/c1-20-9-10-23(29)16-25(20)26(38-14-11-31-28(35)36-3)22-8-6-12-33(18-22)27(34)32-17-24(30-2)15-21-7-4-5-13-37-19-21/h9-10,16,21-22,24,26,30H,4-8,11-15,17-19H2,1-3H3,(H,31,35)(H,32,34). The van der Waals surface area contributed by atoms with Gasteiger partial charge in [-0.1, -0.05) is 24.1 Å². The number of likely N-dealkylation sites (N-methyl/N-ethyl adjacent to an activating group) is 1. The van der Waals surface area contributed by atoms with E-state index in [0.29, 0.717) is 43.7 Å². The van der Waals surface area contributed by atoms with E-state index in [2.05, 4.69) is 20.7 Å². The maximum Gasteiger partial charge on any atom is 0.406 e. The van der Waals surface area contributed by atoms with Crippen molar-refractivity contribution in [2.24, 2.45) is 11.8 Å². The largest absolute Gasteiger partial charge is 0.453 e. The third-order valence-electron chi connectivity index (χ3n) is 7.61.